The Hall–Kier alpha value is -0.260. The average Bonchev–Trinajstić information content (AvgIpc) is 3.05. The summed E-state index contributed by atoms with van der Waals surface area (Å²) in [7, 11) is 0. The van der Waals surface area contributed by atoms with Crippen LogP contribution in [0.2, 0.25) is 0 Å². The van der Waals surface area contributed by atoms with Crippen molar-refractivity contribution in [2.75, 3.05) is 0 Å². The van der Waals surface area contributed by atoms with Crippen LogP contribution in [0.15, 0.2) is 12.2 Å². The second-order valence-corrected chi connectivity index (χ2v) is 13.4. The molecule has 4 aliphatic rings. The maximum Gasteiger partial charge on any atom is -0.0213 e. The maximum absolute atomic E-state index is 2.74. The summed E-state index contributed by atoms with van der Waals surface area (Å²) >= 11 is 0. The highest BCUT2D eigenvalue weighted by Crippen LogP contribution is 2.71. The van der Waals surface area contributed by atoms with E-state index in [4.69, 9.17) is 0 Å². The van der Waals surface area contributed by atoms with Crippen LogP contribution in [0.1, 0.15) is 119 Å². The van der Waals surface area contributed by atoms with Gasteiger partial charge in [-0.05, 0) is 115 Å². The highest BCUT2D eigenvalue weighted by molar-refractivity contribution is 5.13. The van der Waals surface area contributed by atoms with Gasteiger partial charge >= 0.3 is 0 Å². The minimum absolute atomic E-state index is 0.600. The molecule has 4 fully saturated rings. The van der Waals surface area contributed by atoms with E-state index in [0.29, 0.717) is 16.2 Å². The lowest BCUT2D eigenvalue weighted by Gasteiger charge is -2.65. The van der Waals surface area contributed by atoms with Crippen LogP contribution in [0.3, 0.4) is 0 Å². The third kappa shape index (κ3) is 3.46. The summed E-state index contributed by atoms with van der Waals surface area (Å²) in [4.78, 5) is 0. The van der Waals surface area contributed by atoms with Gasteiger partial charge in [-0.3, -0.25) is 0 Å². The van der Waals surface area contributed by atoms with Crippen molar-refractivity contribution in [3.63, 3.8) is 0 Å². The van der Waals surface area contributed by atoms with E-state index in [1.165, 1.54) is 64.2 Å². The standard InChI is InChI=1S/C30H52/c1-8-23(21(2)3)12-11-22(4)25-13-14-26-24-15-19-28(5)17-9-10-18-30(28,7)27(24)16-20-29(25,26)6/h11-12,21-27H,8-10,13-20H2,1-7H3/b12-11+. The van der Waals surface area contributed by atoms with Gasteiger partial charge in [-0.2, -0.15) is 0 Å². The summed E-state index contributed by atoms with van der Waals surface area (Å²) in [6.45, 7) is 17.8. The number of hydrogen-bond acceptors (Lipinski definition) is 0. The Kier molecular flexibility index (Phi) is 6.31. The molecular formula is C30H52. The van der Waals surface area contributed by atoms with Crippen molar-refractivity contribution < 1.29 is 0 Å². The Balaban J connectivity index is 1.52. The van der Waals surface area contributed by atoms with Gasteiger partial charge in [-0.1, -0.05) is 73.5 Å². The van der Waals surface area contributed by atoms with Crippen LogP contribution in [0, 0.1) is 57.7 Å². The minimum atomic E-state index is 0.600. The molecule has 0 radical (unpaired) electrons. The molecule has 0 N–H and O–H groups in total. The Bertz CT molecular complexity index is 630. The fourth-order valence-corrected chi connectivity index (χ4v) is 9.79. The first-order valence-electron chi connectivity index (χ1n) is 13.8. The predicted molar refractivity (Wildman–Crippen MR) is 131 cm³/mol. The fraction of sp³-hybridized carbons (Fsp3) is 0.933. The molecule has 0 saturated heterocycles. The second-order valence-electron chi connectivity index (χ2n) is 13.4. The molecule has 0 aromatic rings. The third-order valence-electron chi connectivity index (χ3n) is 12.0. The van der Waals surface area contributed by atoms with Crippen LogP contribution in [-0.2, 0) is 0 Å². The van der Waals surface area contributed by atoms with Crippen molar-refractivity contribution in [2.24, 2.45) is 57.7 Å². The molecule has 0 aromatic carbocycles. The van der Waals surface area contributed by atoms with Gasteiger partial charge in [-0.25, -0.2) is 0 Å². The molecule has 0 aliphatic heterocycles. The summed E-state index contributed by atoms with van der Waals surface area (Å²) in [5.74, 6) is 6.25. The molecule has 0 nitrogen and oxygen atoms in total. The van der Waals surface area contributed by atoms with Gasteiger partial charge in [0.05, 0.1) is 0 Å². The molecule has 0 heterocycles. The normalized spacial score (nSPS) is 48.3. The summed E-state index contributed by atoms with van der Waals surface area (Å²) in [6, 6.07) is 0. The Morgan fingerprint density at radius 3 is 2.23 bits per heavy atom. The minimum Gasteiger partial charge on any atom is -0.0851 e. The van der Waals surface area contributed by atoms with Gasteiger partial charge in [0.15, 0.2) is 0 Å². The SMILES string of the molecule is CCC(/C=C/C(C)C1CCC2C3CCC4(C)CCCCC4(C)C3CCC12C)C(C)C. The smallest absolute Gasteiger partial charge is 0.0213 e. The van der Waals surface area contributed by atoms with E-state index in [-0.39, 0.29) is 0 Å². The van der Waals surface area contributed by atoms with Crippen molar-refractivity contribution in [1.82, 2.24) is 0 Å². The number of rotatable bonds is 5. The van der Waals surface area contributed by atoms with Crippen molar-refractivity contribution in [3.8, 4) is 0 Å². The lowest BCUT2D eigenvalue weighted by Crippen LogP contribution is -2.56. The first kappa shape index (κ1) is 22.9. The molecule has 4 rings (SSSR count). The molecule has 4 aliphatic carbocycles. The molecule has 0 heteroatoms. The fourth-order valence-electron chi connectivity index (χ4n) is 9.79. The number of hydrogen-bond donors (Lipinski definition) is 0. The van der Waals surface area contributed by atoms with Crippen LogP contribution in [0.5, 0.6) is 0 Å². The van der Waals surface area contributed by atoms with Crippen molar-refractivity contribution >= 4 is 0 Å². The van der Waals surface area contributed by atoms with E-state index >= 15 is 0 Å². The van der Waals surface area contributed by atoms with Crippen molar-refractivity contribution in [2.45, 2.75) is 119 Å². The molecule has 9 unspecified atom stereocenters. The van der Waals surface area contributed by atoms with Crippen LogP contribution in [0.4, 0.5) is 0 Å². The van der Waals surface area contributed by atoms with Gasteiger partial charge < -0.3 is 0 Å². The largest absolute Gasteiger partial charge is 0.0851 e. The summed E-state index contributed by atoms with van der Waals surface area (Å²) in [6.07, 6.45) is 21.6. The Labute approximate surface area is 189 Å². The quantitative estimate of drug-likeness (QED) is 0.394. The highest BCUT2D eigenvalue weighted by atomic mass is 14.7. The van der Waals surface area contributed by atoms with E-state index in [2.05, 4.69) is 60.6 Å². The maximum atomic E-state index is 2.74. The average molecular weight is 413 g/mol. The van der Waals surface area contributed by atoms with Gasteiger partial charge in [-0.15, -0.1) is 0 Å². The Morgan fingerprint density at radius 2 is 1.53 bits per heavy atom. The Morgan fingerprint density at radius 1 is 0.800 bits per heavy atom. The topological polar surface area (TPSA) is 0 Å². The van der Waals surface area contributed by atoms with Gasteiger partial charge in [0.1, 0.15) is 0 Å². The van der Waals surface area contributed by atoms with Crippen LogP contribution in [-0.4, -0.2) is 0 Å². The van der Waals surface area contributed by atoms with E-state index in [1.807, 2.05) is 0 Å². The number of fused-ring (bicyclic) bond motifs is 5. The molecule has 9 atom stereocenters. The van der Waals surface area contributed by atoms with Crippen molar-refractivity contribution in [1.29, 1.82) is 0 Å². The van der Waals surface area contributed by atoms with Gasteiger partial charge in [0, 0.05) is 0 Å². The first-order valence-corrected chi connectivity index (χ1v) is 13.8. The lowest BCUT2D eigenvalue weighted by atomic mass is 9.40. The van der Waals surface area contributed by atoms with Crippen LogP contribution in [0.25, 0.3) is 0 Å². The van der Waals surface area contributed by atoms with E-state index in [0.717, 1.165) is 41.4 Å². The third-order valence-corrected chi connectivity index (χ3v) is 12.0. The highest BCUT2D eigenvalue weighted by Gasteiger charge is 2.62. The monoisotopic (exact) mass is 412 g/mol. The molecule has 4 saturated carbocycles. The first-order chi connectivity index (χ1) is 14.2. The van der Waals surface area contributed by atoms with Crippen molar-refractivity contribution in [3.05, 3.63) is 12.2 Å². The summed E-state index contributed by atoms with van der Waals surface area (Å²) in [5, 5.41) is 0. The second kappa shape index (κ2) is 8.26. The van der Waals surface area contributed by atoms with Gasteiger partial charge in [0.25, 0.3) is 0 Å². The lowest BCUT2D eigenvalue weighted by molar-refractivity contribution is -0.153. The molecule has 0 spiro atoms. The molecule has 0 bridgehead atoms. The van der Waals surface area contributed by atoms with E-state index < -0.39 is 0 Å². The number of allylic oxidation sites excluding steroid dienone is 2. The summed E-state index contributed by atoms with van der Waals surface area (Å²) < 4.78 is 0. The molecule has 0 amide bonds. The van der Waals surface area contributed by atoms with E-state index in [9.17, 15) is 0 Å². The van der Waals surface area contributed by atoms with Crippen LogP contribution >= 0.6 is 0 Å². The zero-order valence-electron chi connectivity index (χ0n) is 21.5. The zero-order chi connectivity index (χ0) is 21.7. The molecule has 0 aromatic heterocycles. The predicted octanol–water partition coefficient (Wildman–Crippen LogP) is 9.30. The molecule has 172 valence electrons. The van der Waals surface area contributed by atoms with E-state index in [1.54, 1.807) is 6.42 Å². The van der Waals surface area contributed by atoms with Gasteiger partial charge in [0.2, 0.25) is 0 Å². The molecular weight excluding hydrogens is 360 g/mol. The van der Waals surface area contributed by atoms with Crippen LogP contribution < -0.4 is 0 Å². The zero-order valence-corrected chi connectivity index (χ0v) is 21.5. The molecule has 30 heavy (non-hydrogen) atoms. The summed E-state index contributed by atoms with van der Waals surface area (Å²) in [5.41, 5.74) is 1.87.